The number of hydrogen-bond acceptors (Lipinski definition) is 5. The Hall–Kier alpha value is -1.72. The van der Waals surface area contributed by atoms with Crippen molar-refractivity contribution in [1.82, 2.24) is 0 Å². The van der Waals surface area contributed by atoms with Gasteiger partial charge < -0.3 is 14.9 Å². The summed E-state index contributed by atoms with van der Waals surface area (Å²) in [6, 6.07) is 0. The molecule has 0 radical (unpaired) electrons. The van der Waals surface area contributed by atoms with Crippen molar-refractivity contribution in [3.63, 3.8) is 0 Å². The van der Waals surface area contributed by atoms with E-state index in [9.17, 15) is 19.8 Å². The number of carbonyl (C=O) groups is 2. The molecule has 0 spiro atoms. The molecule has 5 heteroatoms. The summed E-state index contributed by atoms with van der Waals surface area (Å²) in [5.41, 5.74) is 0.576. The van der Waals surface area contributed by atoms with Gasteiger partial charge in [0.2, 0.25) is 0 Å². The van der Waals surface area contributed by atoms with Gasteiger partial charge >= 0.3 is 5.97 Å². The quantitative estimate of drug-likeness (QED) is 0.447. The molecule has 5 nitrogen and oxygen atoms in total. The maximum Gasteiger partial charge on any atom is 0.316 e. The van der Waals surface area contributed by atoms with Crippen LogP contribution in [0.5, 0.6) is 0 Å². The lowest BCUT2D eigenvalue weighted by molar-refractivity contribution is -0.161. The first-order chi connectivity index (χ1) is 12.0. The number of aliphatic hydroxyl groups excluding tert-OH is 1. The number of carbonyl (C=O) groups excluding carboxylic acids is 2. The van der Waals surface area contributed by atoms with E-state index < -0.39 is 36.0 Å². The van der Waals surface area contributed by atoms with Gasteiger partial charge in [0.25, 0.3) is 0 Å². The molecule has 1 rings (SSSR count). The first-order valence-corrected chi connectivity index (χ1v) is 9.15. The zero-order valence-electron chi connectivity index (χ0n) is 16.5. The Bertz CT molecular complexity index is 616. The van der Waals surface area contributed by atoms with Crippen LogP contribution >= 0.6 is 0 Å². The summed E-state index contributed by atoms with van der Waals surface area (Å²) in [5.74, 6) is -2.42. The van der Waals surface area contributed by atoms with E-state index in [0.717, 1.165) is 16.7 Å². The molecule has 0 saturated carbocycles. The molecule has 146 valence electrons. The molecule has 26 heavy (non-hydrogen) atoms. The van der Waals surface area contributed by atoms with Gasteiger partial charge in [0.05, 0.1) is 6.61 Å². The lowest BCUT2D eigenvalue weighted by Gasteiger charge is -2.28. The third kappa shape index (κ3) is 5.64. The van der Waals surface area contributed by atoms with Crippen molar-refractivity contribution >= 4 is 11.8 Å². The van der Waals surface area contributed by atoms with E-state index >= 15 is 0 Å². The van der Waals surface area contributed by atoms with Gasteiger partial charge in [-0.05, 0) is 45.1 Å². The largest absolute Gasteiger partial charge is 0.457 e. The number of hydrogen-bond donors (Lipinski definition) is 2. The Morgan fingerprint density at radius 2 is 1.92 bits per heavy atom. The summed E-state index contributed by atoms with van der Waals surface area (Å²) in [6.45, 7) is 12.3. The Morgan fingerprint density at radius 3 is 2.46 bits per heavy atom. The van der Waals surface area contributed by atoms with Crippen molar-refractivity contribution in [3.05, 3.63) is 35.5 Å². The van der Waals surface area contributed by atoms with Crippen LogP contribution in [-0.4, -0.2) is 40.3 Å². The zero-order chi connectivity index (χ0) is 20.1. The maximum absolute atomic E-state index is 12.7. The van der Waals surface area contributed by atoms with E-state index in [1.165, 1.54) is 6.92 Å². The van der Waals surface area contributed by atoms with Crippen LogP contribution in [0.2, 0.25) is 0 Å². The second-order valence-corrected chi connectivity index (χ2v) is 7.53. The highest BCUT2D eigenvalue weighted by Gasteiger charge is 2.42. The van der Waals surface area contributed by atoms with E-state index in [1.807, 2.05) is 32.9 Å². The maximum atomic E-state index is 12.7. The van der Waals surface area contributed by atoms with E-state index in [0.29, 0.717) is 12.8 Å². The minimum Gasteiger partial charge on any atom is -0.457 e. The highest BCUT2D eigenvalue weighted by molar-refractivity contribution is 6.03. The molecule has 0 amide bonds. The normalized spacial score (nSPS) is 36.4. The molecule has 0 aromatic heterocycles. The van der Waals surface area contributed by atoms with Crippen molar-refractivity contribution < 1.29 is 24.5 Å². The fourth-order valence-corrected chi connectivity index (χ4v) is 3.42. The Balaban J connectivity index is 3.32. The average Bonchev–Trinajstić information content (AvgIpc) is 2.56. The Morgan fingerprint density at radius 1 is 1.31 bits per heavy atom. The van der Waals surface area contributed by atoms with Crippen molar-refractivity contribution in [2.24, 2.45) is 11.8 Å². The number of ketones is 1. The molecule has 4 atom stereocenters. The predicted octanol–water partition coefficient (Wildman–Crippen LogP) is 3.12. The summed E-state index contributed by atoms with van der Waals surface area (Å²) >= 11 is 0. The highest BCUT2D eigenvalue weighted by Crippen LogP contribution is 2.26. The van der Waals surface area contributed by atoms with Gasteiger partial charge in [-0.3, -0.25) is 9.59 Å². The smallest absolute Gasteiger partial charge is 0.316 e. The molecule has 0 aromatic rings. The molecule has 0 aliphatic carbocycles. The molecule has 0 unspecified atom stereocenters. The van der Waals surface area contributed by atoms with E-state index in [-0.39, 0.29) is 12.3 Å². The standard InChI is InChI=1S/C21H32O5/c1-7-18-16(5)10-14(3)8-13(2)9-15(4)11-21(25,12-22)19(23)17(6)20(24)26-18/h9-10,13,17-18,22,25H,3,7-8,11-12H2,1-2,4-6H3/b15-9+,16-10-/t13-,17+,18-,21-/m0/s1. The van der Waals surface area contributed by atoms with Gasteiger partial charge in [-0.25, -0.2) is 0 Å². The van der Waals surface area contributed by atoms with E-state index in [1.54, 1.807) is 6.92 Å². The summed E-state index contributed by atoms with van der Waals surface area (Å²) < 4.78 is 5.50. The second-order valence-electron chi connectivity index (χ2n) is 7.53. The van der Waals surface area contributed by atoms with Crippen molar-refractivity contribution in [2.45, 2.75) is 65.6 Å². The van der Waals surface area contributed by atoms with Gasteiger partial charge in [-0.1, -0.05) is 43.7 Å². The van der Waals surface area contributed by atoms with Gasteiger partial charge in [-0.2, -0.15) is 0 Å². The first kappa shape index (κ1) is 22.3. The number of esters is 1. The SMILES string of the molecule is C=C1/C=C(/C)[C@H](CC)OC(=O)[C@H](C)C(=O)[C@@](O)(CO)C/C(C)=C/[C@@H](C)C1. The van der Waals surface area contributed by atoms with Gasteiger partial charge in [0.15, 0.2) is 11.4 Å². The van der Waals surface area contributed by atoms with Crippen LogP contribution in [0, 0.1) is 11.8 Å². The number of aliphatic hydroxyl groups is 2. The molecule has 0 aromatic carbocycles. The third-order valence-electron chi connectivity index (χ3n) is 4.76. The van der Waals surface area contributed by atoms with Crippen LogP contribution < -0.4 is 0 Å². The molecule has 0 saturated heterocycles. The summed E-state index contributed by atoms with van der Waals surface area (Å²) in [5, 5.41) is 20.3. The second kappa shape index (κ2) is 9.28. The molecule has 0 fully saturated rings. The summed E-state index contributed by atoms with van der Waals surface area (Å²) in [6.07, 6.45) is 4.70. The molecule has 0 bridgehead atoms. The van der Waals surface area contributed by atoms with Crippen LogP contribution in [0.25, 0.3) is 0 Å². The van der Waals surface area contributed by atoms with Gasteiger partial charge in [0.1, 0.15) is 12.0 Å². The summed E-state index contributed by atoms with van der Waals surface area (Å²) in [4.78, 5) is 25.1. The van der Waals surface area contributed by atoms with Crippen molar-refractivity contribution in [2.75, 3.05) is 6.61 Å². The fourth-order valence-electron chi connectivity index (χ4n) is 3.42. The van der Waals surface area contributed by atoms with Crippen molar-refractivity contribution in [3.8, 4) is 0 Å². The first-order valence-electron chi connectivity index (χ1n) is 9.15. The van der Waals surface area contributed by atoms with Crippen LogP contribution in [0.1, 0.15) is 53.9 Å². The van der Waals surface area contributed by atoms with Crippen molar-refractivity contribution in [1.29, 1.82) is 0 Å². The van der Waals surface area contributed by atoms with Crippen LogP contribution in [0.15, 0.2) is 35.5 Å². The van der Waals surface area contributed by atoms with Gasteiger partial charge in [-0.15, -0.1) is 0 Å². The number of ether oxygens (including phenoxy) is 1. The topological polar surface area (TPSA) is 83.8 Å². The van der Waals surface area contributed by atoms with Crippen LogP contribution in [0.4, 0.5) is 0 Å². The predicted molar refractivity (Wildman–Crippen MR) is 101 cm³/mol. The zero-order valence-corrected chi connectivity index (χ0v) is 16.5. The molecule has 1 heterocycles. The number of rotatable bonds is 2. The molecule has 1 aliphatic rings. The fraction of sp³-hybridized carbons (Fsp3) is 0.619. The Labute approximate surface area is 156 Å². The minimum absolute atomic E-state index is 0.0250. The lowest BCUT2D eigenvalue weighted by Crippen LogP contribution is -2.48. The van der Waals surface area contributed by atoms with Gasteiger partial charge in [0, 0.05) is 6.42 Å². The third-order valence-corrected chi connectivity index (χ3v) is 4.76. The summed E-state index contributed by atoms with van der Waals surface area (Å²) in [7, 11) is 0. The number of Topliss-reactive ketones (excluding diaryl/α,β-unsaturated/α-hetero) is 1. The number of cyclic esters (lactones) is 1. The Kier molecular flexibility index (Phi) is 7.97. The highest BCUT2D eigenvalue weighted by atomic mass is 16.5. The monoisotopic (exact) mass is 364 g/mol. The number of allylic oxidation sites excluding steroid dienone is 3. The lowest BCUT2D eigenvalue weighted by atomic mass is 9.84. The minimum atomic E-state index is -1.99. The molecule has 2 N–H and O–H groups in total. The average molecular weight is 364 g/mol. The van der Waals surface area contributed by atoms with Crippen LogP contribution in [-0.2, 0) is 14.3 Å². The molecular formula is C21H32O5. The molecular weight excluding hydrogens is 332 g/mol. The van der Waals surface area contributed by atoms with E-state index in [4.69, 9.17) is 4.74 Å². The van der Waals surface area contributed by atoms with Crippen LogP contribution in [0.3, 0.4) is 0 Å². The van der Waals surface area contributed by atoms with E-state index in [2.05, 4.69) is 6.58 Å². The molecule has 1 aliphatic heterocycles.